The van der Waals surface area contributed by atoms with E-state index in [0.29, 0.717) is 5.92 Å². The van der Waals surface area contributed by atoms with E-state index in [2.05, 4.69) is 17.1 Å². The van der Waals surface area contributed by atoms with Crippen molar-refractivity contribution in [2.75, 3.05) is 13.1 Å². The number of rotatable bonds is 2. The van der Waals surface area contributed by atoms with Gasteiger partial charge in [-0.15, -0.1) is 0 Å². The molecule has 0 saturated carbocycles. The van der Waals surface area contributed by atoms with Crippen molar-refractivity contribution in [3.8, 4) is 0 Å². The normalized spacial score (nSPS) is 19.1. The number of aromatic nitrogens is 2. The van der Waals surface area contributed by atoms with Crippen LogP contribution in [0.1, 0.15) is 40.4 Å². The number of piperidine rings is 1. The van der Waals surface area contributed by atoms with Gasteiger partial charge in [0.1, 0.15) is 0 Å². The van der Waals surface area contributed by atoms with E-state index in [9.17, 15) is 4.79 Å². The van der Waals surface area contributed by atoms with Gasteiger partial charge in [-0.3, -0.25) is 9.89 Å². The van der Waals surface area contributed by atoms with E-state index < -0.39 is 0 Å². The van der Waals surface area contributed by atoms with Crippen molar-refractivity contribution >= 4 is 5.91 Å². The molecule has 0 radical (unpaired) electrons. The van der Waals surface area contributed by atoms with Crippen molar-refractivity contribution in [2.45, 2.75) is 25.7 Å². The van der Waals surface area contributed by atoms with Crippen LogP contribution in [0.25, 0.3) is 0 Å². The molecule has 0 aliphatic carbocycles. The second-order valence-corrected chi connectivity index (χ2v) is 5.42. The summed E-state index contributed by atoms with van der Waals surface area (Å²) in [6.07, 6.45) is 4.01. The molecule has 1 saturated heterocycles. The molecule has 0 spiro atoms. The Morgan fingerprint density at radius 2 is 2.15 bits per heavy atom. The molecule has 1 atom stereocenters. The van der Waals surface area contributed by atoms with Crippen LogP contribution in [0.5, 0.6) is 0 Å². The number of benzene rings is 1. The maximum Gasteiger partial charge on any atom is 0.253 e. The maximum atomic E-state index is 12.5. The summed E-state index contributed by atoms with van der Waals surface area (Å²) in [5.74, 6) is 0.506. The van der Waals surface area contributed by atoms with Crippen LogP contribution in [-0.4, -0.2) is 34.1 Å². The Hall–Kier alpha value is -2.10. The molecule has 104 valence electrons. The number of likely N-dealkylation sites (tertiary alicyclic amines) is 1. The third-order valence-electron chi connectivity index (χ3n) is 4.01. The number of nitrogens with zero attached hydrogens (tertiary/aromatic N) is 2. The van der Waals surface area contributed by atoms with Gasteiger partial charge in [0.05, 0.1) is 6.20 Å². The minimum atomic E-state index is 0.132. The fraction of sp³-hybridized carbons (Fsp3) is 0.375. The predicted octanol–water partition coefficient (Wildman–Crippen LogP) is 2.74. The summed E-state index contributed by atoms with van der Waals surface area (Å²) in [5, 5.41) is 7.18. The first-order valence-electron chi connectivity index (χ1n) is 7.10. The predicted molar refractivity (Wildman–Crippen MR) is 77.6 cm³/mol. The van der Waals surface area contributed by atoms with Gasteiger partial charge >= 0.3 is 0 Å². The monoisotopic (exact) mass is 269 g/mol. The number of carbonyl (C=O) groups is 1. The molecule has 20 heavy (non-hydrogen) atoms. The molecular formula is C16H19N3O. The summed E-state index contributed by atoms with van der Waals surface area (Å²) in [6.45, 7) is 3.69. The smallest absolute Gasteiger partial charge is 0.253 e. The molecule has 1 amide bonds. The third kappa shape index (κ3) is 2.46. The standard InChI is InChI=1S/C16H19N3O/c1-12-10-17-18-15(12)14-8-5-9-19(11-14)16(20)13-6-3-2-4-7-13/h2-4,6-7,10,14H,5,8-9,11H2,1H3,(H,17,18). The topological polar surface area (TPSA) is 49.0 Å². The van der Waals surface area contributed by atoms with Gasteiger partial charge in [0.15, 0.2) is 0 Å². The summed E-state index contributed by atoms with van der Waals surface area (Å²) >= 11 is 0. The zero-order valence-electron chi connectivity index (χ0n) is 11.7. The fourth-order valence-corrected chi connectivity index (χ4v) is 2.93. The van der Waals surface area contributed by atoms with Crippen LogP contribution in [0.2, 0.25) is 0 Å². The quantitative estimate of drug-likeness (QED) is 0.911. The molecule has 3 rings (SSSR count). The molecule has 0 bridgehead atoms. The summed E-state index contributed by atoms with van der Waals surface area (Å²) < 4.78 is 0. The van der Waals surface area contributed by atoms with Crippen LogP contribution in [0, 0.1) is 6.92 Å². The molecular weight excluding hydrogens is 250 g/mol. The highest BCUT2D eigenvalue weighted by molar-refractivity contribution is 5.94. The zero-order chi connectivity index (χ0) is 13.9. The van der Waals surface area contributed by atoms with E-state index in [1.54, 1.807) is 0 Å². The lowest BCUT2D eigenvalue weighted by Gasteiger charge is -2.32. The first kappa shape index (κ1) is 12.9. The lowest BCUT2D eigenvalue weighted by atomic mass is 9.92. The number of amides is 1. The van der Waals surface area contributed by atoms with Gasteiger partial charge in [-0.1, -0.05) is 18.2 Å². The Kier molecular flexibility index (Phi) is 3.54. The van der Waals surface area contributed by atoms with Crippen molar-refractivity contribution in [3.05, 3.63) is 53.3 Å². The molecule has 1 unspecified atom stereocenters. The zero-order valence-corrected chi connectivity index (χ0v) is 11.7. The number of H-pyrrole nitrogens is 1. The minimum Gasteiger partial charge on any atom is -0.338 e. The first-order chi connectivity index (χ1) is 9.75. The van der Waals surface area contributed by atoms with Gasteiger partial charge in [-0.25, -0.2) is 0 Å². The number of hydrogen-bond acceptors (Lipinski definition) is 2. The van der Waals surface area contributed by atoms with E-state index in [1.165, 1.54) is 11.3 Å². The van der Waals surface area contributed by atoms with E-state index in [1.807, 2.05) is 41.4 Å². The van der Waals surface area contributed by atoms with Crippen LogP contribution in [-0.2, 0) is 0 Å². The van der Waals surface area contributed by atoms with E-state index >= 15 is 0 Å². The third-order valence-corrected chi connectivity index (χ3v) is 4.01. The average Bonchev–Trinajstić information content (AvgIpc) is 2.94. The van der Waals surface area contributed by atoms with Gasteiger partial charge in [-0.05, 0) is 37.5 Å². The number of hydrogen-bond donors (Lipinski definition) is 1. The number of aryl methyl sites for hydroxylation is 1. The summed E-state index contributed by atoms with van der Waals surface area (Å²) in [5.41, 5.74) is 3.13. The van der Waals surface area contributed by atoms with Crippen molar-refractivity contribution in [1.29, 1.82) is 0 Å². The second kappa shape index (κ2) is 5.49. The Balaban J connectivity index is 1.76. The summed E-state index contributed by atoms with van der Waals surface area (Å²) in [6, 6.07) is 9.52. The molecule has 1 N–H and O–H groups in total. The molecule has 4 nitrogen and oxygen atoms in total. The van der Waals surface area contributed by atoms with Gasteiger partial charge < -0.3 is 4.90 Å². The van der Waals surface area contributed by atoms with Crippen molar-refractivity contribution in [2.24, 2.45) is 0 Å². The largest absolute Gasteiger partial charge is 0.338 e. The van der Waals surface area contributed by atoms with Gasteiger partial charge in [0.25, 0.3) is 5.91 Å². The Morgan fingerprint density at radius 1 is 1.35 bits per heavy atom. The summed E-state index contributed by atoms with van der Waals surface area (Å²) in [4.78, 5) is 14.5. The molecule has 2 heterocycles. The number of nitrogens with one attached hydrogen (secondary N) is 1. The lowest BCUT2D eigenvalue weighted by Crippen LogP contribution is -2.39. The first-order valence-corrected chi connectivity index (χ1v) is 7.10. The molecule has 2 aromatic rings. The van der Waals surface area contributed by atoms with Gasteiger partial charge in [0, 0.05) is 30.3 Å². The van der Waals surface area contributed by atoms with Crippen molar-refractivity contribution in [1.82, 2.24) is 15.1 Å². The number of aromatic amines is 1. The number of carbonyl (C=O) groups excluding carboxylic acids is 1. The SMILES string of the molecule is Cc1cn[nH]c1C1CCCN(C(=O)c2ccccc2)C1. The molecule has 1 aliphatic heterocycles. The highest BCUT2D eigenvalue weighted by Crippen LogP contribution is 2.28. The van der Waals surface area contributed by atoms with Crippen LogP contribution >= 0.6 is 0 Å². The summed E-state index contributed by atoms with van der Waals surface area (Å²) in [7, 11) is 0. The van der Waals surface area contributed by atoms with Gasteiger partial charge in [0.2, 0.25) is 0 Å². The van der Waals surface area contributed by atoms with Crippen LogP contribution in [0.15, 0.2) is 36.5 Å². The molecule has 4 heteroatoms. The van der Waals surface area contributed by atoms with E-state index in [4.69, 9.17) is 0 Å². The van der Waals surface area contributed by atoms with Crippen LogP contribution in [0.4, 0.5) is 0 Å². The Labute approximate surface area is 118 Å². The highest BCUT2D eigenvalue weighted by Gasteiger charge is 2.27. The lowest BCUT2D eigenvalue weighted by molar-refractivity contribution is 0.0705. The molecule has 1 aliphatic rings. The van der Waals surface area contributed by atoms with Gasteiger partial charge in [-0.2, -0.15) is 5.10 Å². The maximum absolute atomic E-state index is 12.5. The second-order valence-electron chi connectivity index (χ2n) is 5.42. The highest BCUT2D eigenvalue weighted by atomic mass is 16.2. The van der Waals surface area contributed by atoms with Crippen molar-refractivity contribution in [3.63, 3.8) is 0 Å². The molecule has 1 aromatic heterocycles. The molecule has 1 aromatic carbocycles. The van der Waals surface area contributed by atoms with Crippen LogP contribution in [0.3, 0.4) is 0 Å². The average molecular weight is 269 g/mol. The fourth-order valence-electron chi connectivity index (χ4n) is 2.93. The minimum absolute atomic E-state index is 0.132. The van der Waals surface area contributed by atoms with E-state index in [0.717, 1.165) is 31.5 Å². The van der Waals surface area contributed by atoms with Crippen molar-refractivity contribution < 1.29 is 4.79 Å². The Morgan fingerprint density at radius 3 is 2.85 bits per heavy atom. The van der Waals surface area contributed by atoms with E-state index in [-0.39, 0.29) is 5.91 Å². The molecule has 1 fully saturated rings. The van der Waals surface area contributed by atoms with Crippen LogP contribution < -0.4 is 0 Å². The Bertz CT molecular complexity index is 591.